The lowest BCUT2D eigenvalue weighted by Gasteiger charge is -2.09. The second-order valence-corrected chi connectivity index (χ2v) is 6.35. The Balaban J connectivity index is 2.14. The minimum absolute atomic E-state index is 0.153. The van der Waals surface area contributed by atoms with Crippen LogP contribution in [0.2, 0.25) is 10.2 Å². The van der Waals surface area contributed by atoms with Crippen LogP contribution in [0.3, 0.4) is 0 Å². The normalized spacial score (nSPS) is 11.0. The van der Waals surface area contributed by atoms with Crippen molar-refractivity contribution in [3.8, 4) is 0 Å². The molecule has 8 heteroatoms. The molecule has 2 N–H and O–H groups in total. The number of aromatic nitrogens is 3. The van der Waals surface area contributed by atoms with Gasteiger partial charge in [0.2, 0.25) is 0 Å². The molecule has 2 aromatic heterocycles. The number of rotatable bonds is 2. The van der Waals surface area contributed by atoms with Gasteiger partial charge >= 0.3 is 0 Å². The van der Waals surface area contributed by atoms with Gasteiger partial charge in [0.05, 0.1) is 16.6 Å². The molecule has 112 valence electrons. The molecule has 0 radical (unpaired) electrons. The Hall–Kier alpha value is -1.76. The summed E-state index contributed by atoms with van der Waals surface area (Å²) in [5, 5.41) is 2.34. The fourth-order valence-electron chi connectivity index (χ4n) is 2.00. The minimum Gasteiger partial charge on any atom is -0.381 e. The number of anilines is 1. The Morgan fingerprint density at radius 2 is 2.05 bits per heavy atom. The lowest BCUT2D eigenvalue weighted by Crippen LogP contribution is -2.15. The molecule has 22 heavy (non-hydrogen) atoms. The molecule has 0 aliphatic heterocycles. The highest BCUT2D eigenvalue weighted by atomic mass is 35.5. The highest BCUT2D eigenvalue weighted by Gasteiger charge is 2.13. The Morgan fingerprint density at radius 3 is 2.77 bits per heavy atom. The first-order chi connectivity index (χ1) is 10.5. The van der Waals surface area contributed by atoms with Gasteiger partial charge in [-0.1, -0.05) is 41.0 Å². The fourth-order valence-corrected chi connectivity index (χ4v) is 3.30. The zero-order chi connectivity index (χ0) is 15.9. The Kier molecular flexibility index (Phi) is 3.99. The Labute approximate surface area is 140 Å². The van der Waals surface area contributed by atoms with Gasteiger partial charge in [0, 0.05) is 18.1 Å². The van der Waals surface area contributed by atoms with Gasteiger partial charge in [-0.2, -0.15) is 0 Å². The average molecular weight is 353 g/mol. The van der Waals surface area contributed by atoms with E-state index in [2.05, 4.69) is 9.97 Å². The molecule has 0 aliphatic carbocycles. The number of halogens is 2. The van der Waals surface area contributed by atoms with Crippen LogP contribution in [-0.2, 0) is 7.05 Å². The Bertz CT molecular complexity index is 942. The molecular formula is C14H10Cl2N4OS. The maximum Gasteiger partial charge on any atom is 0.259 e. The number of benzene rings is 1. The first kappa shape index (κ1) is 15.1. The van der Waals surface area contributed by atoms with Crippen LogP contribution in [0.5, 0.6) is 0 Å². The number of nitrogens with zero attached hydrogens (tertiary/aromatic N) is 3. The average Bonchev–Trinajstić information content (AvgIpc) is 2.48. The predicted molar refractivity (Wildman–Crippen MR) is 89.8 cm³/mol. The van der Waals surface area contributed by atoms with E-state index in [9.17, 15) is 4.79 Å². The van der Waals surface area contributed by atoms with Gasteiger partial charge in [0.1, 0.15) is 10.2 Å². The van der Waals surface area contributed by atoms with E-state index in [1.807, 2.05) is 18.2 Å². The molecule has 0 spiro atoms. The van der Waals surface area contributed by atoms with Crippen LogP contribution in [0, 0.1) is 0 Å². The van der Waals surface area contributed by atoms with Gasteiger partial charge in [-0.3, -0.25) is 4.79 Å². The summed E-state index contributed by atoms with van der Waals surface area (Å²) in [5.74, 6) is 0.217. The molecule has 0 aliphatic rings. The molecule has 1 aromatic carbocycles. The number of nitrogen functional groups attached to an aromatic ring is 1. The van der Waals surface area contributed by atoms with Gasteiger partial charge in [-0.25, -0.2) is 9.97 Å². The van der Waals surface area contributed by atoms with E-state index in [1.54, 1.807) is 13.2 Å². The monoisotopic (exact) mass is 352 g/mol. The zero-order valence-electron chi connectivity index (χ0n) is 11.4. The van der Waals surface area contributed by atoms with Gasteiger partial charge in [0.25, 0.3) is 5.56 Å². The zero-order valence-corrected chi connectivity index (χ0v) is 13.7. The summed E-state index contributed by atoms with van der Waals surface area (Å²) in [6.45, 7) is 0. The summed E-state index contributed by atoms with van der Waals surface area (Å²) in [4.78, 5) is 21.0. The van der Waals surface area contributed by atoms with Crippen molar-refractivity contribution in [3.63, 3.8) is 0 Å². The SMILES string of the molecule is Cn1ccc2ccc(Sc3ncc(Cl)nc3N)c(Cl)c2c1=O. The number of fused-ring (bicyclic) bond motifs is 1. The molecule has 0 saturated heterocycles. The van der Waals surface area contributed by atoms with Crippen LogP contribution in [0.15, 0.2) is 45.3 Å². The highest BCUT2D eigenvalue weighted by molar-refractivity contribution is 7.99. The maximum absolute atomic E-state index is 12.3. The third-order valence-corrected chi connectivity index (χ3v) is 4.85. The maximum atomic E-state index is 12.3. The first-order valence-corrected chi connectivity index (χ1v) is 7.78. The van der Waals surface area contributed by atoms with Crippen molar-refractivity contribution in [2.24, 2.45) is 7.05 Å². The summed E-state index contributed by atoms with van der Waals surface area (Å²) in [7, 11) is 1.68. The van der Waals surface area contributed by atoms with Crippen molar-refractivity contribution in [3.05, 3.63) is 51.1 Å². The number of nitrogens with two attached hydrogens (primary N) is 1. The van der Waals surface area contributed by atoms with Crippen molar-refractivity contribution in [1.82, 2.24) is 14.5 Å². The lowest BCUT2D eigenvalue weighted by atomic mass is 10.2. The van der Waals surface area contributed by atoms with Crippen molar-refractivity contribution in [2.75, 3.05) is 5.73 Å². The molecule has 0 saturated carbocycles. The van der Waals surface area contributed by atoms with E-state index in [0.717, 1.165) is 5.39 Å². The minimum atomic E-state index is -0.153. The second kappa shape index (κ2) is 5.79. The summed E-state index contributed by atoms with van der Waals surface area (Å²) in [6, 6.07) is 5.50. The van der Waals surface area contributed by atoms with E-state index >= 15 is 0 Å². The van der Waals surface area contributed by atoms with Crippen LogP contribution in [0.25, 0.3) is 10.8 Å². The molecular weight excluding hydrogens is 343 g/mol. The third kappa shape index (κ3) is 2.65. The van der Waals surface area contributed by atoms with E-state index in [0.29, 0.717) is 20.3 Å². The topological polar surface area (TPSA) is 73.8 Å². The molecule has 0 unspecified atom stereocenters. The van der Waals surface area contributed by atoms with E-state index in [1.165, 1.54) is 22.5 Å². The van der Waals surface area contributed by atoms with Crippen LogP contribution in [0.4, 0.5) is 5.82 Å². The van der Waals surface area contributed by atoms with E-state index < -0.39 is 0 Å². The van der Waals surface area contributed by atoms with Crippen LogP contribution in [0.1, 0.15) is 0 Å². The van der Waals surface area contributed by atoms with Crippen LogP contribution in [-0.4, -0.2) is 14.5 Å². The highest BCUT2D eigenvalue weighted by Crippen LogP contribution is 2.37. The number of aryl methyl sites for hydroxylation is 1. The second-order valence-electron chi connectivity index (χ2n) is 4.56. The lowest BCUT2D eigenvalue weighted by molar-refractivity contribution is 0.873. The molecule has 5 nitrogen and oxygen atoms in total. The van der Waals surface area contributed by atoms with Crippen LogP contribution < -0.4 is 11.3 Å². The van der Waals surface area contributed by atoms with Gasteiger partial charge < -0.3 is 10.3 Å². The van der Waals surface area contributed by atoms with Crippen molar-refractivity contribution < 1.29 is 0 Å². The standard InChI is InChI=1S/C14H10Cl2N4OS/c1-20-5-4-7-2-3-8(11(16)10(7)14(20)21)22-13-12(17)19-9(15)6-18-13/h2-6H,1H3,(H2,17,19). The largest absolute Gasteiger partial charge is 0.381 e. The predicted octanol–water partition coefficient (Wildman–Crippen LogP) is 3.37. The summed E-state index contributed by atoms with van der Waals surface area (Å²) in [6.07, 6.45) is 3.12. The quantitative estimate of drug-likeness (QED) is 0.765. The smallest absolute Gasteiger partial charge is 0.259 e. The molecule has 0 atom stereocenters. The number of hydrogen-bond acceptors (Lipinski definition) is 5. The number of hydrogen-bond donors (Lipinski definition) is 1. The molecule has 2 heterocycles. The molecule has 0 bridgehead atoms. The van der Waals surface area contributed by atoms with Crippen molar-refractivity contribution >= 4 is 51.6 Å². The van der Waals surface area contributed by atoms with Gasteiger partial charge in [-0.15, -0.1) is 0 Å². The molecule has 0 amide bonds. The van der Waals surface area contributed by atoms with E-state index in [4.69, 9.17) is 28.9 Å². The molecule has 3 rings (SSSR count). The van der Waals surface area contributed by atoms with Gasteiger partial charge in [-0.05, 0) is 17.5 Å². The number of pyridine rings is 1. The first-order valence-electron chi connectivity index (χ1n) is 6.21. The molecule has 0 fully saturated rings. The third-order valence-electron chi connectivity index (χ3n) is 3.09. The molecule has 3 aromatic rings. The fraction of sp³-hybridized carbons (Fsp3) is 0.0714. The van der Waals surface area contributed by atoms with Crippen molar-refractivity contribution in [1.29, 1.82) is 0 Å². The van der Waals surface area contributed by atoms with Crippen LogP contribution >= 0.6 is 35.0 Å². The summed E-state index contributed by atoms with van der Waals surface area (Å²) in [5.41, 5.74) is 5.65. The van der Waals surface area contributed by atoms with Crippen molar-refractivity contribution in [2.45, 2.75) is 9.92 Å². The Morgan fingerprint density at radius 1 is 1.27 bits per heavy atom. The summed E-state index contributed by atoms with van der Waals surface area (Å²) >= 11 is 13.4. The summed E-state index contributed by atoms with van der Waals surface area (Å²) < 4.78 is 1.49. The van der Waals surface area contributed by atoms with E-state index in [-0.39, 0.29) is 16.5 Å². The van der Waals surface area contributed by atoms with Gasteiger partial charge in [0.15, 0.2) is 5.82 Å².